The van der Waals surface area contributed by atoms with Crippen molar-refractivity contribution in [3.8, 4) is 0 Å². The molecule has 0 radical (unpaired) electrons. The molecule has 0 saturated carbocycles. The lowest BCUT2D eigenvalue weighted by atomic mass is 9.96. The van der Waals surface area contributed by atoms with E-state index in [4.69, 9.17) is 0 Å². The van der Waals surface area contributed by atoms with Crippen LogP contribution in [0.25, 0.3) is 10.2 Å². The number of aryl methyl sites for hydroxylation is 3. The van der Waals surface area contributed by atoms with Crippen LogP contribution in [0.5, 0.6) is 0 Å². The highest BCUT2D eigenvalue weighted by Gasteiger charge is 2.22. The van der Waals surface area contributed by atoms with Gasteiger partial charge in [-0.2, -0.15) is 0 Å². The average Bonchev–Trinajstić information content (AvgIpc) is 2.92. The van der Waals surface area contributed by atoms with Crippen LogP contribution in [0.3, 0.4) is 0 Å². The van der Waals surface area contributed by atoms with Crippen LogP contribution in [0.15, 0.2) is 11.1 Å². The first-order valence-corrected chi connectivity index (χ1v) is 11.8. The maximum atomic E-state index is 13.0. The Morgan fingerprint density at radius 2 is 2.07 bits per heavy atom. The number of carbonyl (C=O) groups excluding carboxylic acids is 1. The van der Waals surface area contributed by atoms with Crippen LogP contribution in [0.4, 0.5) is 0 Å². The molecule has 28 heavy (non-hydrogen) atoms. The lowest BCUT2D eigenvalue weighted by molar-refractivity contribution is -0.131. The highest BCUT2D eigenvalue weighted by molar-refractivity contribution is 7.18. The van der Waals surface area contributed by atoms with Gasteiger partial charge < -0.3 is 4.90 Å². The van der Waals surface area contributed by atoms with Gasteiger partial charge in [-0.15, -0.1) is 11.3 Å². The van der Waals surface area contributed by atoms with Crippen molar-refractivity contribution in [2.75, 3.05) is 13.1 Å². The number of hydrogen-bond donors (Lipinski definition) is 0. The van der Waals surface area contributed by atoms with Crippen LogP contribution < -0.4 is 5.56 Å². The average molecular weight is 402 g/mol. The normalized spacial score (nSPS) is 20.2. The minimum absolute atomic E-state index is 0.0380. The van der Waals surface area contributed by atoms with Crippen LogP contribution in [0.2, 0.25) is 0 Å². The molecule has 0 spiro atoms. The minimum Gasteiger partial charge on any atom is -0.343 e. The summed E-state index contributed by atoms with van der Waals surface area (Å²) < 4.78 is 1.65. The molecule has 1 amide bonds. The zero-order chi connectivity index (χ0) is 19.5. The molecule has 1 atom stereocenters. The summed E-state index contributed by atoms with van der Waals surface area (Å²) in [4.78, 5) is 34.5. The summed E-state index contributed by atoms with van der Waals surface area (Å²) in [5, 5.41) is 0.812. The molecule has 4 rings (SSSR count). The summed E-state index contributed by atoms with van der Waals surface area (Å²) in [7, 11) is 0. The van der Waals surface area contributed by atoms with Crippen LogP contribution in [-0.4, -0.2) is 33.4 Å². The molecule has 1 unspecified atom stereocenters. The summed E-state index contributed by atoms with van der Waals surface area (Å²) in [6.45, 7) is 4.40. The number of rotatable bonds is 5. The molecular weight excluding hydrogens is 370 g/mol. The molecule has 2 aromatic heterocycles. The standard InChI is InChI=1S/C22H31N3O2S/c1-2-6-16-7-5-12-24(13-10-16)19(26)11-14-25-15-23-21-20(22(25)27)17-8-3-4-9-18(17)28-21/h15-16H,2-14H2,1H3. The molecule has 2 aliphatic rings. The Balaban J connectivity index is 1.43. The zero-order valence-electron chi connectivity index (χ0n) is 16.9. The first-order valence-electron chi connectivity index (χ1n) is 10.9. The third kappa shape index (κ3) is 4.02. The number of thiophene rings is 1. The fraction of sp³-hybridized carbons (Fsp3) is 0.682. The molecule has 2 aromatic rings. The molecule has 1 aliphatic carbocycles. The quantitative estimate of drug-likeness (QED) is 0.756. The van der Waals surface area contributed by atoms with Crippen LogP contribution in [0.1, 0.15) is 68.7 Å². The zero-order valence-corrected chi connectivity index (χ0v) is 17.7. The van der Waals surface area contributed by atoms with Crippen LogP contribution >= 0.6 is 11.3 Å². The van der Waals surface area contributed by atoms with Gasteiger partial charge in [-0.05, 0) is 56.4 Å². The van der Waals surface area contributed by atoms with Crippen molar-refractivity contribution < 1.29 is 4.79 Å². The van der Waals surface area contributed by atoms with E-state index in [1.54, 1.807) is 22.2 Å². The van der Waals surface area contributed by atoms with E-state index in [-0.39, 0.29) is 11.5 Å². The number of carbonyl (C=O) groups is 1. The summed E-state index contributed by atoms with van der Waals surface area (Å²) in [6.07, 6.45) is 12.4. The lowest BCUT2D eigenvalue weighted by Crippen LogP contribution is -2.33. The highest BCUT2D eigenvalue weighted by atomic mass is 32.1. The molecule has 152 valence electrons. The number of aromatic nitrogens is 2. The van der Waals surface area contributed by atoms with Gasteiger partial charge in [0.05, 0.1) is 11.7 Å². The van der Waals surface area contributed by atoms with Gasteiger partial charge in [0, 0.05) is 30.9 Å². The van der Waals surface area contributed by atoms with Crippen LogP contribution in [-0.2, 0) is 24.2 Å². The third-order valence-corrected chi connectivity index (χ3v) is 7.61. The fourth-order valence-corrected chi connectivity index (χ4v) is 6.05. The van der Waals surface area contributed by atoms with Gasteiger partial charge in [-0.3, -0.25) is 14.2 Å². The first kappa shape index (κ1) is 19.6. The Morgan fingerprint density at radius 1 is 1.21 bits per heavy atom. The van der Waals surface area contributed by atoms with Crippen LogP contribution in [0, 0.1) is 5.92 Å². The largest absolute Gasteiger partial charge is 0.343 e. The second kappa shape index (κ2) is 8.76. The molecule has 0 bridgehead atoms. The molecule has 1 saturated heterocycles. The van der Waals surface area contributed by atoms with Gasteiger partial charge in [0.15, 0.2) is 0 Å². The van der Waals surface area contributed by atoms with Crippen molar-refractivity contribution in [1.82, 2.24) is 14.5 Å². The number of nitrogens with zero attached hydrogens (tertiary/aromatic N) is 3. The van der Waals surface area contributed by atoms with Gasteiger partial charge in [-0.1, -0.05) is 19.8 Å². The molecule has 0 aromatic carbocycles. The Labute approximate surface area is 170 Å². The Kier molecular flexibility index (Phi) is 6.14. The topological polar surface area (TPSA) is 55.2 Å². The molecule has 3 heterocycles. The van der Waals surface area contributed by atoms with E-state index in [0.717, 1.165) is 61.3 Å². The second-order valence-corrected chi connectivity index (χ2v) is 9.43. The predicted molar refractivity (Wildman–Crippen MR) is 114 cm³/mol. The SMILES string of the molecule is CCCC1CCCN(C(=O)CCn2cnc3sc4c(c3c2=O)CCCC4)CC1. The van der Waals surface area contributed by atoms with Crippen molar-refractivity contribution >= 4 is 27.5 Å². The summed E-state index contributed by atoms with van der Waals surface area (Å²) in [5.74, 6) is 0.943. The summed E-state index contributed by atoms with van der Waals surface area (Å²) in [5.41, 5.74) is 1.26. The predicted octanol–water partition coefficient (Wildman–Crippen LogP) is 4.16. The smallest absolute Gasteiger partial charge is 0.262 e. The van der Waals surface area contributed by atoms with E-state index in [1.807, 2.05) is 4.90 Å². The second-order valence-electron chi connectivity index (χ2n) is 8.35. The van der Waals surface area contributed by atoms with Gasteiger partial charge in [0.1, 0.15) is 4.83 Å². The van der Waals surface area contributed by atoms with Crippen molar-refractivity contribution in [2.45, 2.75) is 77.7 Å². The fourth-order valence-electron chi connectivity index (χ4n) is 4.83. The molecule has 1 fully saturated rings. The molecule has 5 nitrogen and oxygen atoms in total. The maximum Gasteiger partial charge on any atom is 0.262 e. The van der Waals surface area contributed by atoms with Gasteiger partial charge in [0.25, 0.3) is 5.56 Å². The number of hydrogen-bond acceptors (Lipinski definition) is 4. The van der Waals surface area contributed by atoms with E-state index in [9.17, 15) is 9.59 Å². The van der Waals surface area contributed by atoms with Crippen molar-refractivity contribution in [1.29, 1.82) is 0 Å². The van der Waals surface area contributed by atoms with Crippen molar-refractivity contribution in [2.24, 2.45) is 5.92 Å². The third-order valence-electron chi connectivity index (χ3n) is 6.41. The molecule has 1 aliphatic heterocycles. The van der Waals surface area contributed by atoms with Gasteiger partial charge >= 0.3 is 0 Å². The molecule has 6 heteroatoms. The number of amides is 1. The Hall–Kier alpha value is -1.69. The monoisotopic (exact) mass is 401 g/mol. The van der Waals surface area contributed by atoms with E-state index in [1.165, 1.54) is 36.1 Å². The summed E-state index contributed by atoms with van der Waals surface area (Å²) >= 11 is 1.68. The summed E-state index contributed by atoms with van der Waals surface area (Å²) in [6, 6.07) is 0. The molecule has 0 N–H and O–H groups in total. The minimum atomic E-state index is 0.0380. The lowest BCUT2D eigenvalue weighted by Gasteiger charge is -2.21. The van der Waals surface area contributed by atoms with E-state index >= 15 is 0 Å². The maximum absolute atomic E-state index is 13.0. The number of likely N-dealkylation sites (tertiary alicyclic amines) is 1. The van der Waals surface area contributed by atoms with Crippen molar-refractivity contribution in [3.63, 3.8) is 0 Å². The van der Waals surface area contributed by atoms with E-state index < -0.39 is 0 Å². The Bertz CT molecular complexity index is 901. The van der Waals surface area contributed by atoms with E-state index in [2.05, 4.69) is 11.9 Å². The van der Waals surface area contributed by atoms with Gasteiger partial charge in [-0.25, -0.2) is 4.98 Å². The Morgan fingerprint density at radius 3 is 2.93 bits per heavy atom. The highest BCUT2D eigenvalue weighted by Crippen LogP contribution is 2.33. The first-order chi connectivity index (χ1) is 13.7. The number of fused-ring (bicyclic) bond motifs is 3. The van der Waals surface area contributed by atoms with Crippen molar-refractivity contribution in [3.05, 3.63) is 27.1 Å². The van der Waals surface area contributed by atoms with E-state index in [0.29, 0.717) is 13.0 Å². The van der Waals surface area contributed by atoms with Gasteiger partial charge in [0.2, 0.25) is 5.91 Å². The molecular formula is C22H31N3O2S.